The Morgan fingerprint density at radius 1 is 1.36 bits per heavy atom. The third-order valence-electron chi connectivity index (χ3n) is 3.42. The molecule has 0 aliphatic rings. The van der Waals surface area contributed by atoms with E-state index in [0.717, 1.165) is 23.7 Å². The van der Waals surface area contributed by atoms with E-state index in [0.29, 0.717) is 17.8 Å². The number of hydrogen-bond donors (Lipinski definition) is 1. The average molecular weight is 367 g/mol. The van der Waals surface area contributed by atoms with Crippen molar-refractivity contribution in [3.05, 3.63) is 52.8 Å². The van der Waals surface area contributed by atoms with Crippen LogP contribution in [0, 0.1) is 0 Å². The van der Waals surface area contributed by atoms with Crippen LogP contribution in [0.2, 0.25) is 0 Å². The number of rotatable bonds is 4. The van der Waals surface area contributed by atoms with Crippen LogP contribution in [-0.4, -0.2) is 25.3 Å². The van der Waals surface area contributed by atoms with Gasteiger partial charge in [0, 0.05) is 12.4 Å². The fourth-order valence-corrected chi connectivity index (χ4v) is 2.86. The molecule has 130 valence electrons. The van der Waals surface area contributed by atoms with Gasteiger partial charge < -0.3 is 5.32 Å². The molecule has 0 fully saturated rings. The SMILES string of the molecule is CCc1nnsc1C(=O)Nc1cc(C(F)(F)F)ccc1-n1cccn1. The fraction of sp³-hybridized carbons (Fsp3) is 0.200. The van der Waals surface area contributed by atoms with E-state index in [9.17, 15) is 18.0 Å². The van der Waals surface area contributed by atoms with E-state index in [4.69, 9.17) is 0 Å². The highest BCUT2D eigenvalue weighted by Gasteiger charge is 2.31. The van der Waals surface area contributed by atoms with E-state index < -0.39 is 17.6 Å². The van der Waals surface area contributed by atoms with Gasteiger partial charge in [0.15, 0.2) is 0 Å². The molecule has 1 aromatic carbocycles. The van der Waals surface area contributed by atoms with Crippen LogP contribution in [0.1, 0.15) is 27.9 Å². The van der Waals surface area contributed by atoms with Gasteiger partial charge in [0.05, 0.1) is 22.6 Å². The quantitative estimate of drug-likeness (QED) is 0.765. The van der Waals surface area contributed by atoms with Gasteiger partial charge in [-0.2, -0.15) is 18.3 Å². The first-order valence-corrected chi connectivity index (χ1v) is 8.01. The minimum Gasteiger partial charge on any atom is -0.319 e. The number of carbonyl (C=O) groups is 1. The van der Waals surface area contributed by atoms with Crippen LogP contribution in [0.3, 0.4) is 0 Å². The Labute approximate surface area is 144 Å². The van der Waals surface area contributed by atoms with Gasteiger partial charge in [-0.15, -0.1) is 5.10 Å². The summed E-state index contributed by atoms with van der Waals surface area (Å²) in [6.07, 6.45) is -0.966. The monoisotopic (exact) mass is 367 g/mol. The van der Waals surface area contributed by atoms with Crippen molar-refractivity contribution in [2.75, 3.05) is 5.32 Å². The van der Waals surface area contributed by atoms with Crippen molar-refractivity contribution in [1.82, 2.24) is 19.4 Å². The third-order valence-corrected chi connectivity index (χ3v) is 4.19. The second-order valence-electron chi connectivity index (χ2n) is 5.04. The van der Waals surface area contributed by atoms with E-state index in [-0.39, 0.29) is 10.6 Å². The molecule has 3 aromatic rings. The predicted molar refractivity (Wildman–Crippen MR) is 85.8 cm³/mol. The lowest BCUT2D eigenvalue weighted by Crippen LogP contribution is -2.16. The largest absolute Gasteiger partial charge is 0.416 e. The van der Waals surface area contributed by atoms with Gasteiger partial charge in [-0.25, -0.2) is 4.68 Å². The Morgan fingerprint density at radius 3 is 2.80 bits per heavy atom. The summed E-state index contributed by atoms with van der Waals surface area (Å²) in [7, 11) is 0. The van der Waals surface area contributed by atoms with Crippen molar-refractivity contribution in [2.24, 2.45) is 0 Å². The molecule has 0 saturated heterocycles. The van der Waals surface area contributed by atoms with Crippen molar-refractivity contribution in [1.29, 1.82) is 0 Å². The highest BCUT2D eigenvalue weighted by atomic mass is 32.1. The van der Waals surface area contributed by atoms with Crippen LogP contribution in [0.25, 0.3) is 5.69 Å². The van der Waals surface area contributed by atoms with Crippen LogP contribution in [0.15, 0.2) is 36.7 Å². The number of anilines is 1. The number of aromatic nitrogens is 4. The van der Waals surface area contributed by atoms with Gasteiger partial charge in [0.2, 0.25) is 0 Å². The molecule has 3 rings (SSSR count). The lowest BCUT2D eigenvalue weighted by atomic mass is 10.1. The first-order chi connectivity index (χ1) is 11.9. The van der Waals surface area contributed by atoms with Crippen molar-refractivity contribution in [2.45, 2.75) is 19.5 Å². The Hall–Kier alpha value is -2.75. The number of carbonyl (C=O) groups excluding carboxylic acids is 1. The van der Waals surface area contributed by atoms with Crippen molar-refractivity contribution < 1.29 is 18.0 Å². The summed E-state index contributed by atoms with van der Waals surface area (Å²) < 4.78 is 44.1. The Bertz CT molecular complexity index is 889. The molecule has 1 N–H and O–H groups in total. The highest BCUT2D eigenvalue weighted by molar-refractivity contribution is 7.08. The average Bonchev–Trinajstić information content (AvgIpc) is 3.25. The zero-order chi connectivity index (χ0) is 18.0. The van der Waals surface area contributed by atoms with Gasteiger partial charge in [-0.05, 0) is 42.2 Å². The molecule has 0 unspecified atom stereocenters. The predicted octanol–water partition coefficient (Wildman–Crippen LogP) is 3.56. The minimum absolute atomic E-state index is 0.000946. The maximum absolute atomic E-state index is 13.0. The number of halogens is 3. The Morgan fingerprint density at radius 2 is 2.16 bits per heavy atom. The lowest BCUT2D eigenvalue weighted by Gasteiger charge is -2.14. The summed E-state index contributed by atoms with van der Waals surface area (Å²) in [5.41, 5.74) is -0.0483. The molecule has 2 aromatic heterocycles. The second kappa shape index (κ2) is 6.63. The molecular weight excluding hydrogens is 355 g/mol. The van der Waals surface area contributed by atoms with E-state index in [1.54, 1.807) is 12.3 Å². The number of amides is 1. The van der Waals surface area contributed by atoms with Crippen molar-refractivity contribution >= 4 is 23.1 Å². The molecule has 0 radical (unpaired) electrons. The summed E-state index contributed by atoms with van der Waals surface area (Å²) in [4.78, 5) is 12.7. The van der Waals surface area contributed by atoms with Gasteiger partial charge in [-0.3, -0.25) is 4.79 Å². The summed E-state index contributed by atoms with van der Waals surface area (Å²) in [5.74, 6) is -0.556. The molecule has 6 nitrogen and oxygen atoms in total. The molecule has 1 amide bonds. The van der Waals surface area contributed by atoms with E-state index >= 15 is 0 Å². The summed E-state index contributed by atoms with van der Waals surface area (Å²) in [6.45, 7) is 1.81. The number of aryl methyl sites for hydroxylation is 1. The van der Waals surface area contributed by atoms with Crippen LogP contribution < -0.4 is 5.32 Å². The summed E-state index contributed by atoms with van der Waals surface area (Å²) in [6, 6.07) is 4.72. The molecular formula is C15H12F3N5OS. The van der Waals surface area contributed by atoms with Crippen LogP contribution in [-0.2, 0) is 12.6 Å². The third kappa shape index (κ3) is 3.53. The zero-order valence-corrected chi connectivity index (χ0v) is 13.7. The Balaban J connectivity index is 2.02. The smallest absolute Gasteiger partial charge is 0.319 e. The molecule has 0 bridgehead atoms. The number of nitrogens with one attached hydrogen (secondary N) is 1. The van der Waals surface area contributed by atoms with Gasteiger partial charge in [0.25, 0.3) is 5.91 Å². The van der Waals surface area contributed by atoms with E-state index in [1.807, 2.05) is 6.92 Å². The molecule has 0 saturated carbocycles. The van der Waals surface area contributed by atoms with Crippen molar-refractivity contribution in [3.8, 4) is 5.69 Å². The van der Waals surface area contributed by atoms with Crippen molar-refractivity contribution in [3.63, 3.8) is 0 Å². The molecule has 0 aliphatic carbocycles. The fourth-order valence-electron chi connectivity index (χ4n) is 2.22. The minimum atomic E-state index is -4.53. The molecule has 2 heterocycles. The molecule has 0 atom stereocenters. The lowest BCUT2D eigenvalue weighted by molar-refractivity contribution is -0.137. The second-order valence-corrected chi connectivity index (χ2v) is 5.79. The summed E-state index contributed by atoms with van der Waals surface area (Å²) >= 11 is 0.897. The highest BCUT2D eigenvalue weighted by Crippen LogP contribution is 2.33. The van der Waals surface area contributed by atoms with Crippen LogP contribution >= 0.6 is 11.5 Å². The van der Waals surface area contributed by atoms with E-state index in [2.05, 4.69) is 20.0 Å². The number of benzene rings is 1. The Kier molecular flexibility index (Phi) is 4.53. The van der Waals surface area contributed by atoms with Crippen LogP contribution in [0.5, 0.6) is 0 Å². The van der Waals surface area contributed by atoms with Gasteiger partial charge >= 0.3 is 6.18 Å². The van der Waals surface area contributed by atoms with Crippen LogP contribution in [0.4, 0.5) is 18.9 Å². The molecule has 0 spiro atoms. The number of nitrogens with zero attached hydrogens (tertiary/aromatic N) is 4. The topological polar surface area (TPSA) is 72.7 Å². The number of hydrogen-bond acceptors (Lipinski definition) is 5. The molecule has 25 heavy (non-hydrogen) atoms. The zero-order valence-electron chi connectivity index (χ0n) is 12.9. The van der Waals surface area contributed by atoms with Gasteiger partial charge in [0.1, 0.15) is 4.88 Å². The molecule has 10 heteroatoms. The standard InChI is InChI=1S/C15H12F3N5OS/c1-2-10-13(25-22-21-10)14(24)20-11-8-9(15(16,17)18)4-5-12(11)23-7-3-6-19-23/h3-8H,2H2,1H3,(H,20,24). The number of alkyl halides is 3. The maximum atomic E-state index is 13.0. The first kappa shape index (κ1) is 17.1. The normalized spacial score (nSPS) is 11.5. The summed E-state index contributed by atoms with van der Waals surface area (Å²) in [5, 5.41) is 10.4. The first-order valence-electron chi connectivity index (χ1n) is 7.24. The van der Waals surface area contributed by atoms with E-state index in [1.165, 1.54) is 16.9 Å². The molecule has 0 aliphatic heterocycles. The maximum Gasteiger partial charge on any atom is 0.416 e. The van der Waals surface area contributed by atoms with Gasteiger partial charge in [-0.1, -0.05) is 11.4 Å².